The molecule has 2 rings (SSSR count). The zero-order valence-corrected chi connectivity index (χ0v) is 11.7. The summed E-state index contributed by atoms with van der Waals surface area (Å²) in [5.41, 5.74) is 0.107. The largest absolute Gasteiger partial charge is 0.867 e. The van der Waals surface area contributed by atoms with E-state index in [9.17, 15) is 15.2 Å². The predicted octanol–water partition coefficient (Wildman–Crippen LogP) is 3.08. The molecule has 0 radical (unpaired) electrons. The lowest BCUT2D eigenvalue weighted by molar-refractivity contribution is -0.398. The summed E-state index contributed by atoms with van der Waals surface area (Å²) in [5, 5.41) is 23.1. The molecule has 0 fully saturated rings. The van der Waals surface area contributed by atoms with Crippen molar-refractivity contribution in [3.63, 3.8) is 0 Å². The number of aliphatic imine (C=N–C) groups is 1. The van der Waals surface area contributed by atoms with Crippen LogP contribution in [-0.4, -0.2) is 18.2 Å². The Morgan fingerprint density at radius 3 is 2.76 bits per heavy atom. The summed E-state index contributed by atoms with van der Waals surface area (Å²) < 4.78 is 5.12. The van der Waals surface area contributed by atoms with Crippen molar-refractivity contribution in [2.75, 3.05) is 7.11 Å². The molecule has 0 aliphatic carbocycles. The van der Waals surface area contributed by atoms with Crippen molar-refractivity contribution in [3.8, 4) is 11.5 Å². The highest BCUT2D eigenvalue weighted by Gasteiger charge is 2.08. The highest BCUT2D eigenvalue weighted by molar-refractivity contribution is 6.30. The molecule has 108 valence electrons. The van der Waals surface area contributed by atoms with E-state index in [0.29, 0.717) is 16.5 Å². The second-order valence-electron chi connectivity index (χ2n) is 4.03. The Morgan fingerprint density at radius 1 is 1.33 bits per heavy atom. The highest BCUT2D eigenvalue weighted by atomic mass is 35.5. The topological polar surface area (TPSA) is 87.8 Å². The number of halogens is 1. The highest BCUT2D eigenvalue weighted by Crippen LogP contribution is 2.31. The third-order valence-corrected chi connectivity index (χ3v) is 2.94. The number of methoxy groups -OCH3 is 1. The minimum atomic E-state index is -0.720. The maximum Gasteiger partial charge on any atom is 0.262 e. The van der Waals surface area contributed by atoms with Gasteiger partial charge in [0.05, 0.1) is 12.0 Å². The minimum Gasteiger partial charge on any atom is -0.867 e. The fourth-order valence-electron chi connectivity index (χ4n) is 1.68. The molecule has 0 heterocycles. The van der Waals surface area contributed by atoms with E-state index >= 15 is 0 Å². The molecule has 0 spiro atoms. The van der Waals surface area contributed by atoms with Crippen molar-refractivity contribution in [1.29, 1.82) is 0 Å². The molecule has 0 bridgehead atoms. The van der Waals surface area contributed by atoms with Gasteiger partial charge in [0.1, 0.15) is 11.4 Å². The molecule has 0 saturated heterocycles. The first-order chi connectivity index (χ1) is 10.0. The Bertz CT molecular complexity index is 716. The molecule has 0 aliphatic heterocycles. The number of para-hydroxylation sites is 1. The fraction of sp³-hybridized carbons (Fsp3) is 0.0714. The monoisotopic (exact) mass is 305 g/mol. The van der Waals surface area contributed by atoms with Gasteiger partial charge in [-0.2, -0.15) is 0 Å². The molecular weight excluding hydrogens is 296 g/mol. The lowest BCUT2D eigenvalue weighted by Gasteiger charge is -2.10. The van der Waals surface area contributed by atoms with Crippen LogP contribution in [0.4, 0.5) is 11.4 Å². The summed E-state index contributed by atoms with van der Waals surface area (Å²) in [4.78, 5) is 14.1. The zero-order valence-electron chi connectivity index (χ0n) is 10.9. The second kappa shape index (κ2) is 6.23. The second-order valence-corrected chi connectivity index (χ2v) is 4.46. The van der Waals surface area contributed by atoms with Gasteiger partial charge in [-0.05, 0) is 23.4 Å². The van der Waals surface area contributed by atoms with Crippen molar-refractivity contribution in [2.24, 2.45) is 4.99 Å². The molecule has 0 aromatic heterocycles. The average Bonchev–Trinajstić information content (AvgIpc) is 2.46. The summed E-state index contributed by atoms with van der Waals surface area (Å²) in [7, 11) is 1.47. The standard InChI is InChI=1S/C14H11ClN2O4/c1-21-13-7-10(15)5-6-11(13)16-8-9-3-2-4-12(14(9)18)17(19)20/h2-8,18H,1H3/p-1. The van der Waals surface area contributed by atoms with E-state index in [1.54, 1.807) is 18.2 Å². The van der Waals surface area contributed by atoms with Crippen LogP contribution < -0.4 is 9.84 Å². The van der Waals surface area contributed by atoms with Crippen LogP contribution in [0.1, 0.15) is 5.56 Å². The van der Waals surface area contributed by atoms with Crippen LogP contribution in [0.2, 0.25) is 5.02 Å². The summed E-state index contributed by atoms with van der Waals surface area (Å²) in [5.74, 6) is -0.240. The van der Waals surface area contributed by atoms with Gasteiger partial charge in [0, 0.05) is 23.4 Å². The summed E-state index contributed by atoms with van der Waals surface area (Å²) in [6.45, 7) is 0. The molecule has 0 unspecified atom stereocenters. The van der Waals surface area contributed by atoms with Crippen molar-refractivity contribution < 1.29 is 14.8 Å². The van der Waals surface area contributed by atoms with Gasteiger partial charge in [-0.25, -0.2) is 0 Å². The summed E-state index contributed by atoms with van der Waals surface area (Å²) in [6.07, 6.45) is 1.26. The molecular formula is C14H10ClN2O4-. The van der Waals surface area contributed by atoms with E-state index in [2.05, 4.69) is 4.99 Å². The maximum atomic E-state index is 11.9. The molecule has 2 aromatic rings. The number of benzene rings is 2. The average molecular weight is 306 g/mol. The molecule has 7 heteroatoms. The molecule has 6 nitrogen and oxygen atoms in total. The molecule has 0 saturated carbocycles. The molecule has 0 aliphatic rings. The number of nitro benzene ring substituents is 1. The normalized spacial score (nSPS) is 10.8. The Balaban J connectivity index is 2.38. The van der Waals surface area contributed by atoms with Gasteiger partial charge in [0.15, 0.2) is 0 Å². The number of hydrogen-bond donors (Lipinski definition) is 0. The molecule has 0 atom stereocenters. The minimum absolute atomic E-state index is 0.126. The van der Waals surface area contributed by atoms with Crippen LogP contribution in [0.5, 0.6) is 11.5 Å². The smallest absolute Gasteiger partial charge is 0.262 e. The fourth-order valence-corrected chi connectivity index (χ4v) is 1.85. The lowest BCUT2D eigenvalue weighted by Crippen LogP contribution is -2.01. The first kappa shape index (κ1) is 14.8. The first-order valence-corrected chi connectivity index (χ1v) is 6.22. The first-order valence-electron chi connectivity index (χ1n) is 5.85. The Labute approximate surface area is 125 Å². The number of nitro groups is 1. The van der Waals surface area contributed by atoms with Crippen LogP contribution >= 0.6 is 11.6 Å². The van der Waals surface area contributed by atoms with Crippen molar-refractivity contribution in [2.45, 2.75) is 0 Å². The molecule has 2 aromatic carbocycles. The van der Waals surface area contributed by atoms with Crippen LogP contribution in [0.25, 0.3) is 0 Å². The quantitative estimate of drug-likeness (QED) is 0.493. The van der Waals surface area contributed by atoms with E-state index in [1.165, 1.54) is 25.5 Å². The van der Waals surface area contributed by atoms with Crippen LogP contribution in [0.3, 0.4) is 0 Å². The van der Waals surface area contributed by atoms with E-state index in [-0.39, 0.29) is 5.56 Å². The van der Waals surface area contributed by atoms with E-state index in [1.807, 2.05) is 0 Å². The molecule has 21 heavy (non-hydrogen) atoms. The van der Waals surface area contributed by atoms with E-state index < -0.39 is 16.4 Å². The maximum absolute atomic E-state index is 11.9. The van der Waals surface area contributed by atoms with Crippen molar-refractivity contribution in [3.05, 3.63) is 57.1 Å². The number of nitrogens with zero attached hydrogens (tertiary/aromatic N) is 2. The summed E-state index contributed by atoms with van der Waals surface area (Å²) >= 11 is 5.84. The van der Waals surface area contributed by atoms with Gasteiger partial charge in [-0.1, -0.05) is 23.7 Å². The Kier molecular flexibility index (Phi) is 4.39. The predicted molar refractivity (Wildman–Crippen MR) is 77.8 cm³/mol. The SMILES string of the molecule is COc1cc(Cl)ccc1N=Cc1cccc([N+](=O)[O-])c1[O-]. The molecule has 0 amide bonds. The third-order valence-electron chi connectivity index (χ3n) is 2.71. The van der Waals surface area contributed by atoms with E-state index in [0.717, 1.165) is 6.07 Å². The number of ether oxygens (including phenoxy) is 1. The van der Waals surface area contributed by atoms with Gasteiger partial charge in [0.25, 0.3) is 5.69 Å². The van der Waals surface area contributed by atoms with Gasteiger partial charge in [0.2, 0.25) is 0 Å². The number of hydrogen-bond acceptors (Lipinski definition) is 5. The van der Waals surface area contributed by atoms with Crippen LogP contribution in [0, 0.1) is 10.1 Å². The Morgan fingerprint density at radius 2 is 2.10 bits per heavy atom. The van der Waals surface area contributed by atoms with Gasteiger partial charge in [-0.3, -0.25) is 15.1 Å². The zero-order chi connectivity index (χ0) is 15.4. The molecule has 0 N–H and O–H groups in total. The summed E-state index contributed by atoms with van der Waals surface area (Å²) in [6, 6.07) is 8.88. The third kappa shape index (κ3) is 3.29. The van der Waals surface area contributed by atoms with Crippen LogP contribution in [0.15, 0.2) is 41.4 Å². The van der Waals surface area contributed by atoms with E-state index in [4.69, 9.17) is 16.3 Å². The van der Waals surface area contributed by atoms with Crippen molar-refractivity contribution >= 4 is 29.2 Å². The number of rotatable bonds is 4. The van der Waals surface area contributed by atoms with Gasteiger partial charge < -0.3 is 9.84 Å². The van der Waals surface area contributed by atoms with Gasteiger partial charge >= 0.3 is 0 Å². The van der Waals surface area contributed by atoms with Gasteiger partial charge in [-0.15, -0.1) is 0 Å². The Hall–Kier alpha value is -2.60. The van der Waals surface area contributed by atoms with Crippen LogP contribution in [-0.2, 0) is 0 Å². The lowest BCUT2D eigenvalue weighted by atomic mass is 10.2. The van der Waals surface area contributed by atoms with Crippen molar-refractivity contribution in [1.82, 2.24) is 0 Å².